The SMILES string of the molecule is FC(F)(F)n1ccc(Br)c1-c1ccc(Cl)cc1. The van der Waals surface area contributed by atoms with Gasteiger partial charge in [-0.25, -0.2) is 0 Å². The van der Waals surface area contributed by atoms with E-state index in [9.17, 15) is 13.2 Å². The average Bonchev–Trinajstić information content (AvgIpc) is 2.61. The van der Waals surface area contributed by atoms with Crippen molar-refractivity contribution < 1.29 is 13.2 Å². The Morgan fingerprint density at radius 1 is 1.06 bits per heavy atom. The highest BCUT2D eigenvalue weighted by atomic mass is 79.9. The van der Waals surface area contributed by atoms with Gasteiger partial charge in [0, 0.05) is 15.7 Å². The van der Waals surface area contributed by atoms with Crippen molar-refractivity contribution in [3.63, 3.8) is 0 Å². The Kier molecular flexibility index (Phi) is 3.23. The van der Waals surface area contributed by atoms with Gasteiger partial charge in [0.2, 0.25) is 0 Å². The summed E-state index contributed by atoms with van der Waals surface area (Å²) in [7, 11) is 0. The number of nitrogens with zero attached hydrogens (tertiary/aromatic N) is 1. The summed E-state index contributed by atoms with van der Waals surface area (Å²) in [6.07, 6.45) is -3.46. The molecule has 0 atom stereocenters. The predicted octanol–water partition coefficient (Wildman–Crippen LogP) is 5.05. The van der Waals surface area contributed by atoms with Crippen molar-refractivity contribution in [1.82, 2.24) is 4.57 Å². The first kappa shape index (κ1) is 12.5. The van der Waals surface area contributed by atoms with Gasteiger partial charge in [0.25, 0.3) is 0 Å². The fourth-order valence-corrected chi connectivity index (χ4v) is 2.17. The van der Waals surface area contributed by atoms with E-state index < -0.39 is 6.30 Å². The number of hydrogen-bond acceptors (Lipinski definition) is 0. The van der Waals surface area contributed by atoms with Crippen LogP contribution in [0.2, 0.25) is 5.02 Å². The molecule has 0 fully saturated rings. The zero-order chi connectivity index (χ0) is 12.6. The lowest BCUT2D eigenvalue weighted by atomic mass is 10.1. The monoisotopic (exact) mass is 323 g/mol. The first-order valence-electron chi connectivity index (χ1n) is 4.59. The molecule has 0 aliphatic rings. The fraction of sp³-hybridized carbons (Fsp3) is 0.0909. The molecule has 0 saturated heterocycles. The van der Waals surface area contributed by atoms with Gasteiger partial charge < -0.3 is 0 Å². The highest BCUT2D eigenvalue weighted by molar-refractivity contribution is 9.10. The van der Waals surface area contributed by atoms with Gasteiger partial charge >= 0.3 is 6.30 Å². The lowest BCUT2D eigenvalue weighted by molar-refractivity contribution is -0.202. The van der Waals surface area contributed by atoms with Crippen molar-refractivity contribution >= 4 is 27.5 Å². The van der Waals surface area contributed by atoms with Crippen LogP contribution >= 0.6 is 27.5 Å². The van der Waals surface area contributed by atoms with Crippen molar-refractivity contribution in [2.75, 3.05) is 0 Å². The second-order valence-corrected chi connectivity index (χ2v) is 4.65. The van der Waals surface area contributed by atoms with Crippen LogP contribution in [0.5, 0.6) is 0 Å². The number of rotatable bonds is 1. The van der Waals surface area contributed by atoms with E-state index in [0.717, 1.165) is 6.20 Å². The molecule has 2 rings (SSSR count). The zero-order valence-electron chi connectivity index (χ0n) is 8.30. The molecule has 17 heavy (non-hydrogen) atoms. The van der Waals surface area contributed by atoms with Gasteiger partial charge in [-0.05, 0) is 39.7 Å². The molecule has 0 bridgehead atoms. The maximum atomic E-state index is 12.7. The standard InChI is InChI=1S/C11H6BrClF3N/c12-9-5-6-17(11(14,15)16)10(9)7-1-3-8(13)4-2-7/h1-6H. The van der Waals surface area contributed by atoms with Crippen molar-refractivity contribution in [3.05, 3.63) is 46.0 Å². The highest BCUT2D eigenvalue weighted by Crippen LogP contribution is 2.36. The Bertz CT molecular complexity index is 531. The van der Waals surface area contributed by atoms with Gasteiger partial charge in [0.05, 0.1) is 5.69 Å². The molecule has 0 aliphatic carbocycles. The molecule has 0 unspecified atom stereocenters. The summed E-state index contributed by atoms with van der Waals surface area (Å²) in [5.41, 5.74) is 0.512. The van der Waals surface area contributed by atoms with Gasteiger partial charge in [0.1, 0.15) is 0 Å². The lowest BCUT2D eigenvalue weighted by Gasteiger charge is -2.13. The first-order valence-corrected chi connectivity index (χ1v) is 5.76. The van der Waals surface area contributed by atoms with Crippen LogP contribution in [0, 0.1) is 0 Å². The van der Waals surface area contributed by atoms with Crippen molar-refractivity contribution in [2.45, 2.75) is 6.30 Å². The quantitative estimate of drug-likeness (QED) is 0.692. The van der Waals surface area contributed by atoms with Crippen LogP contribution in [0.3, 0.4) is 0 Å². The van der Waals surface area contributed by atoms with E-state index >= 15 is 0 Å². The minimum absolute atomic E-state index is 0.0640. The molecule has 0 N–H and O–H groups in total. The maximum absolute atomic E-state index is 12.7. The molecule has 1 heterocycles. The lowest BCUT2D eigenvalue weighted by Crippen LogP contribution is -2.16. The van der Waals surface area contributed by atoms with Crippen molar-refractivity contribution in [2.24, 2.45) is 0 Å². The van der Waals surface area contributed by atoms with E-state index in [1.807, 2.05) is 0 Å². The summed E-state index contributed by atoms with van der Waals surface area (Å²) >= 11 is 8.81. The highest BCUT2D eigenvalue weighted by Gasteiger charge is 2.33. The molecular formula is C11H6BrClF3N. The van der Waals surface area contributed by atoms with Crippen LogP contribution in [0.25, 0.3) is 11.3 Å². The Morgan fingerprint density at radius 3 is 2.18 bits per heavy atom. The number of alkyl halides is 3. The predicted molar refractivity (Wildman–Crippen MR) is 63.9 cm³/mol. The molecule has 0 aliphatic heterocycles. The molecule has 6 heteroatoms. The van der Waals surface area contributed by atoms with Gasteiger partial charge in [-0.3, -0.25) is 4.57 Å². The summed E-state index contributed by atoms with van der Waals surface area (Å²) in [4.78, 5) is 0. The Morgan fingerprint density at radius 2 is 1.65 bits per heavy atom. The van der Waals surface area contributed by atoms with Crippen molar-refractivity contribution in [3.8, 4) is 11.3 Å². The maximum Gasteiger partial charge on any atom is 0.488 e. The van der Waals surface area contributed by atoms with E-state index in [1.54, 1.807) is 24.3 Å². The molecule has 0 spiro atoms. The molecule has 0 saturated carbocycles. The zero-order valence-corrected chi connectivity index (χ0v) is 10.6. The summed E-state index contributed by atoms with van der Waals surface area (Å²) in [6, 6.07) is 7.56. The topological polar surface area (TPSA) is 4.93 Å². The van der Waals surface area contributed by atoms with Crippen LogP contribution in [-0.4, -0.2) is 4.57 Å². The molecule has 90 valence electrons. The third-order valence-electron chi connectivity index (χ3n) is 2.23. The Labute approximate surface area is 109 Å². The fourth-order valence-electron chi connectivity index (χ4n) is 1.50. The second-order valence-electron chi connectivity index (χ2n) is 3.36. The first-order chi connectivity index (χ1) is 7.89. The molecule has 1 aromatic heterocycles. The second kappa shape index (κ2) is 4.38. The van der Waals surface area contributed by atoms with Gasteiger partial charge in [0.15, 0.2) is 0 Å². The molecule has 1 nitrogen and oxygen atoms in total. The summed E-state index contributed by atoms with van der Waals surface area (Å²) in [5.74, 6) is 0. The largest absolute Gasteiger partial charge is 0.488 e. The van der Waals surface area contributed by atoms with Crippen LogP contribution in [0.15, 0.2) is 41.0 Å². The van der Waals surface area contributed by atoms with Crippen LogP contribution in [0.1, 0.15) is 0 Å². The van der Waals surface area contributed by atoms with E-state index in [0.29, 0.717) is 15.1 Å². The molecule has 0 amide bonds. The summed E-state index contributed by atoms with van der Waals surface area (Å²) in [5, 5.41) is 0.481. The molecule has 2 aromatic rings. The van der Waals surface area contributed by atoms with Crippen LogP contribution in [-0.2, 0) is 6.30 Å². The summed E-state index contributed by atoms with van der Waals surface area (Å²) in [6.45, 7) is 0. The number of hydrogen-bond donors (Lipinski definition) is 0. The molecular weight excluding hydrogens is 318 g/mol. The van der Waals surface area contributed by atoms with Crippen molar-refractivity contribution in [1.29, 1.82) is 0 Å². The van der Waals surface area contributed by atoms with Gasteiger partial charge in [-0.1, -0.05) is 23.7 Å². The minimum atomic E-state index is -4.44. The van der Waals surface area contributed by atoms with Gasteiger partial charge in [-0.2, -0.15) is 0 Å². The number of benzene rings is 1. The van der Waals surface area contributed by atoms with Crippen LogP contribution in [0.4, 0.5) is 13.2 Å². The summed E-state index contributed by atoms with van der Waals surface area (Å²) < 4.78 is 38.9. The molecule has 1 aromatic carbocycles. The average molecular weight is 325 g/mol. The van der Waals surface area contributed by atoms with Crippen LogP contribution < -0.4 is 0 Å². The third kappa shape index (κ3) is 2.50. The van der Waals surface area contributed by atoms with E-state index in [-0.39, 0.29) is 10.3 Å². The van der Waals surface area contributed by atoms with E-state index in [4.69, 9.17) is 11.6 Å². The molecule has 0 radical (unpaired) electrons. The van der Waals surface area contributed by atoms with E-state index in [2.05, 4.69) is 15.9 Å². The third-order valence-corrected chi connectivity index (χ3v) is 3.12. The number of halogens is 5. The normalized spacial score (nSPS) is 11.8. The van der Waals surface area contributed by atoms with Gasteiger partial charge in [-0.15, -0.1) is 13.2 Å². The smallest absolute Gasteiger partial charge is 0.258 e. The van der Waals surface area contributed by atoms with E-state index in [1.165, 1.54) is 6.07 Å². The minimum Gasteiger partial charge on any atom is -0.258 e. The Balaban J connectivity index is 2.59. The number of aromatic nitrogens is 1. The Hall–Kier alpha value is -0.940.